The van der Waals surface area contributed by atoms with Crippen LogP contribution in [0.15, 0.2) is 0 Å². The van der Waals surface area contributed by atoms with Crippen molar-refractivity contribution in [2.45, 2.75) is 60.3 Å². The maximum Gasteiger partial charge on any atom is 0.0847 e. The van der Waals surface area contributed by atoms with Crippen molar-refractivity contribution in [3.63, 3.8) is 0 Å². The van der Waals surface area contributed by atoms with Crippen LogP contribution in [0.4, 0.5) is 0 Å². The topological polar surface area (TPSA) is 49.7 Å². The van der Waals surface area contributed by atoms with Crippen molar-refractivity contribution in [1.29, 1.82) is 0 Å². The average Bonchev–Trinajstić information content (AvgIpc) is 2.24. The van der Waals surface area contributed by atoms with E-state index in [1.54, 1.807) is 0 Å². The first-order valence-electron chi connectivity index (χ1n) is 6.28. The molecule has 0 bridgehead atoms. The van der Waals surface area contributed by atoms with Gasteiger partial charge in [0.1, 0.15) is 0 Å². The van der Waals surface area contributed by atoms with Crippen LogP contribution >= 0.6 is 0 Å². The molecule has 105 valence electrons. The van der Waals surface area contributed by atoms with E-state index in [0.29, 0.717) is 12.5 Å². The molecule has 0 rings (SSSR count). The smallest absolute Gasteiger partial charge is 0.0847 e. The predicted octanol–water partition coefficient (Wildman–Crippen LogP) is 3.71. The molecule has 0 aromatic heterocycles. The van der Waals surface area contributed by atoms with E-state index in [2.05, 4.69) is 18.7 Å². The minimum atomic E-state index is 0. The van der Waals surface area contributed by atoms with Crippen molar-refractivity contribution in [2.24, 2.45) is 11.3 Å². The summed E-state index contributed by atoms with van der Waals surface area (Å²) < 4.78 is 0. The molecule has 0 aromatic rings. The van der Waals surface area contributed by atoms with Crippen LogP contribution in [0.1, 0.15) is 60.3 Å². The van der Waals surface area contributed by atoms with Gasteiger partial charge in [0, 0.05) is 25.2 Å². The van der Waals surface area contributed by atoms with Gasteiger partial charge in [-0.05, 0) is 17.8 Å². The van der Waals surface area contributed by atoms with Gasteiger partial charge < -0.3 is 5.11 Å². The first-order valence-corrected chi connectivity index (χ1v) is 6.28. The molecule has 0 aliphatic heterocycles. The molecule has 0 aliphatic carbocycles. The second-order valence-corrected chi connectivity index (χ2v) is 5.43. The van der Waals surface area contributed by atoms with Gasteiger partial charge in [-0.2, -0.15) is 0 Å². The molecule has 17 heavy (non-hydrogen) atoms. The van der Waals surface area contributed by atoms with Crippen molar-refractivity contribution >= 4 is 0 Å². The SMILES string of the molecule is CC(C)(C)CO.CCCCC(CC)COO.[V]. The molecule has 2 N–H and O–H groups in total. The van der Waals surface area contributed by atoms with Crippen LogP contribution < -0.4 is 0 Å². The minimum absolute atomic E-state index is 0. The molecule has 0 aromatic carbocycles. The maximum atomic E-state index is 8.40. The van der Waals surface area contributed by atoms with E-state index >= 15 is 0 Å². The number of hydrogen-bond donors (Lipinski definition) is 2. The zero-order chi connectivity index (χ0) is 13.0. The molecule has 1 unspecified atom stereocenters. The maximum absolute atomic E-state index is 8.40. The Kier molecular flexibility index (Phi) is 19.3. The van der Waals surface area contributed by atoms with Gasteiger partial charge in [-0.1, -0.05) is 53.9 Å². The van der Waals surface area contributed by atoms with Gasteiger partial charge in [-0.25, -0.2) is 4.89 Å². The van der Waals surface area contributed by atoms with E-state index in [0.717, 1.165) is 6.42 Å². The molecule has 0 heterocycles. The number of aliphatic hydroxyl groups excluding tert-OH is 1. The van der Waals surface area contributed by atoms with Crippen LogP contribution in [0.2, 0.25) is 0 Å². The fourth-order valence-electron chi connectivity index (χ4n) is 1.00. The third-order valence-corrected chi connectivity index (χ3v) is 2.33. The summed E-state index contributed by atoms with van der Waals surface area (Å²) in [7, 11) is 0. The Balaban J connectivity index is -0.000000244. The summed E-state index contributed by atoms with van der Waals surface area (Å²) in [6.45, 7) is 11.0. The van der Waals surface area contributed by atoms with E-state index in [1.165, 1.54) is 19.3 Å². The predicted molar refractivity (Wildman–Crippen MR) is 68.4 cm³/mol. The van der Waals surface area contributed by atoms with Gasteiger partial charge in [0.05, 0.1) is 6.61 Å². The van der Waals surface area contributed by atoms with Crippen LogP contribution in [0.3, 0.4) is 0 Å². The number of unbranched alkanes of at least 4 members (excludes halogenated alkanes) is 1. The number of rotatable bonds is 6. The summed E-state index contributed by atoms with van der Waals surface area (Å²) in [4.78, 5) is 4.09. The quantitative estimate of drug-likeness (QED) is 0.577. The first-order chi connectivity index (χ1) is 7.41. The van der Waals surface area contributed by atoms with Gasteiger partial charge in [0.2, 0.25) is 0 Å². The standard InChI is InChI=1S/C8H18O2.C5H12O.V/c1-3-5-6-8(4-2)7-10-9;1-5(2,3)4-6;/h8-9H,3-7H2,1-2H3;6H,4H2,1-3H3;. The van der Waals surface area contributed by atoms with Crippen LogP contribution in [0, 0.1) is 11.3 Å². The molecular formula is C13H30O3V. The molecule has 1 radical (unpaired) electrons. The summed E-state index contributed by atoms with van der Waals surface area (Å²) in [5.41, 5.74) is 0.0972. The zero-order valence-electron chi connectivity index (χ0n) is 12.1. The fourth-order valence-corrected chi connectivity index (χ4v) is 1.00. The Morgan fingerprint density at radius 3 is 1.88 bits per heavy atom. The van der Waals surface area contributed by atoms with Gasteiger partial charge in [-0.15, -0.1) is 0 Å². The van der Waals surface area contributed by atoms with E-state index < -0.39 is 0 Å². The van der Waals surface area contributed by atoms with Gasteiger partial charge >= 0.3 is 0 Å². The second kappa shape index (κ2) is 14.5. The molecule has 1 atom stereocenters. The molecule has 3 nitrogen and oxygen atoms in total. The summed E-state index contributed by atoms with van der Waals surface area (Å²) in [6, 6.07) is 0. The molecular weight excluding hydrogens is 255 g/mol. The monoisotopic (exact) mass is 285 g/mol. The van der Waals surface area contributed by atoms with Crippen LogP contribution in [-0.2, 0) is 23.4 Å². The molecule has 0 spiro atoms. The molecule has 0 fully saturated rings. The van der Waals surface area contributed by atoms with Gasteiger partial charge in [-0.3, -0.25) is 5.26 Å². The molecule has 0 saturated heterocycles. The molecule has 4 heteroatoms. The van der Waals surface area contributed by atoms with Crippen molar-refractivity contribution < 1.29 is 33.8 Å². The Hall–Kier alpha value is 0.464. The molecule has 0 saturated carbocycles. The van der Waals surface area contributed by atoms with Gasteiger partial charge in [0.25, 0.3) is 0 Å². The third kappa shape index (κ3) is 22.2. The Morgan fingerprint density at radius 1 is 1.18 bits per heavy atom. The van der Waals surface area contributed by atoms with E-state index in [1.807, 2.05) is 20.8 Å². The van der Waals surface area contributed by atoms with Crippen LogP contribution in [-0.4, -0.2) is 23.6 Å². The zero-order valence-corrected chi connectivity index (χ0v) is 13.5. The van der Waals surface area contributed by atoms with Crippen molar-refractivity contribution in [3.05, 3.63) is 0 Å². The fraction of sp³-hybridized carbons (Fsp3) is 1.00. The number of hydrogen-bond acceptors (Lipinski definition) is 3. The summed E-state index contributed by atoms with van der Waals surface area (Å²) in [6.07, 6.45) is 4.73. The van der Waals surface area contributed by atoms with Crippen molar-refractivity contribution in [3.8, 4) is 0 Å². The average molecular weight is 285 g/mol. The second-order valence-electron chi connectivity index (χ2n) is 5.43. The first kappa shape index (κ1) is 22.6. The van der Waals surface area contributed by atoms with Gasteiger partial charge in [0.15, 0.2) is 0 Å². The van der Waals surface area contributed by atoms with Crippen LogP contribution in [0.5, 0.6) is 0 Å². The summed E-state index contributed by atoms with van der Waals surface area (Å²) in [5.74, 6) is 0.546. The van der Waals surface area contributed by atoms with Crippen molar-refractivity contribution in [2.75, 3.05) is 13.2 Å². The third-order valence-electron chi connectivity index (χ3n) is 2.33. The van der Waals surface area contributed by atoms with E-state index in [4.69, 9.17) is 10.4 Å². The minimum Gasteiger partial charge on any atom is -0.396 e. The molecule has 0 aliphatic rings. The van der Waals surface area contributed by atoms with E-state index in [-0.39, 0.29) is 30.6 Å². The van der Waals surface area contributed by atoms with Crippen LogP contribution in [0.25, 0.3) is 0 Å². The largest absolute Gasteiger partial charge is 0.396 e. The summed E-state index contributed by atoms with van der Waals surface area (Å²) in [5, 5.41) is 16.6. The Morgan fingerprint density at radius 2 is 1.65 bits per heavy atom. The Labute approximate surface area is 119 Å². The Bertz CT molecular complexity index is 135. The normalized spacial score (nSPS) is 12.2. The summed E-state index contributed by atoms with van der Waals surface area (Å²) >= 11 is 0. The van der Waals surface area contributed by atoms with E-state index in [9.17, 15) is 0 Å². The van der Waals surface area contributed by atoms with Crippen molar-refractivity contribution in [1.82, 2.24) is 0 Å². The number of aliphatic hydroxyl groups is 1. The molecule has 0 amide bonds.